The number of aromatic nitrogens is 2. The van der Waals surface area contributed by atoms with Gasteiger partial charge in [0.25, 0.3) is 0 Å². The third-order valence-corrected chi connectivity index (χ3v) is 7.07. The number of amides is 1. The Morgan fingerprint density at radius 1 is 1.15 bits per heavy atom. The lowest BCUT2D eigenvalue weighted by Crippen LogP contribution is -2.49. The molecule has 0 unspecified atom stereocenters. The molecule has 3 aliphatic heterocycles. The van der Waals surface area contributed by atoms with E-state index in [0.717, 1.165) is 44.1 Å². The summed E-state index contributed by atoms with van der Waals surface area (Å²) in [6, 6.07) is 2.95. The highest BCUT2D eigenvalue weighted by Crippen LogP contribution is 2.48. The van der Waals surface area contributed by atoms with Gasteiger partial charge in [-0.1, -0.05) is 12.8 Å². The van der Waals surface area contributed by atoms with Crippen molar-refractivity contribution in [2.24, 2.45) is 0 Å². The monoisotopic (exact) mass is 355 g/mol. The van der Waals surface area contributed by atoms with Gasteiger partial charge in [0.1, 0.15) is 0 Å². The van der Waals surface area contributed by atoms with Gasteiger partial charge in [0.15, 0.2) is 0 Å². The second-order valence-corrected chi connectivity index (χ2v) is 8.57. The first kappa shape index (κ1) is 16.5. The Morgan fingerprint density at radius 2 is 1.92 bits per heavy atom. The topological polar surface area (TPSA) is 52.6 Å². The van der Waals surface area contributed by atoms with Crippen molar-refractivity contribution in [3.05, 3.63) is 18.0 Å². The molecule has 5 rings (SSSR count). The zero-order valence-electron chi connectivity index (χ0n) is 15.7. The van der Waals surface area contributed by atoms with E-state index in [1.54, 1.807) is 0 Å². The molecule has 6 nitrogen and oxygen atoms in total. The summed E-state index contributed by atoms with van der Waals surface area (Å²) in [5, 5.41) is 0. The first-order valence-corrected chi connectivity index (χ1v) is 10.3. The molecule has 6 heteroatoms. The molecule has 0 bridgehead atoms. The van der Waals surface area contributed by atoms with Crippen molar-refractivity contribution < 1.29 is 4.79 Å². The Kier molecular flexibility index (Phi) is 3.92. The molecule has 4 aliphatic rings. The molecule has 4 heterocycles. The van der Waals surface area contributed by atoms with E-state index in [-0.39, 0.29) is 5.66 Å². The van der Waals surface area contributed by atoms with Crippen molar-refractivity contribution in [1.29, 1.82) is 0 Å². The van der Waals surface area contributed by atoms with Crippen molar-refractivity contribution in [3.8, 4) is 0 Å². The quantitative estimate of drug-likeness (QED) is 0.834. The normalized spacial score (nSPS) is 34.4. The molecule has 0 radical (unpaired) electrons. The molecule has 140 valence electrons. The second kappa shape index (κ2) is 6.19. The van der Waals surface area contributed by atoms with Gasteiger partial charge >= 0.3 is 0 Å². The fourth-order valence-corrected chi connectivity index (χ4v) is 5.80. The van der Waals surface area contributed by atoms with Crippen molar-refractivity contribution in [1.82, 2.24) is 19.8 Å². The molecular weight excluding hydrogens is 326 g/mol. The van der Waals surface area contributed by atoms with Crippen LogP contribution in [0.3, 0.4) is 0 Å². The minimum atomic E-state index is -0.129. The van der Waals surface area contributed by atoms with E-state index in [1.165, 1.54) is 32.1 Å². The summed E-state index contributed by atoms with van der Waals surface area (Å²) in [6.45, 7) is 5.24. The van der Waals surface area contributed by atoms with Crippen LogP contribution in [0.2, 0.25) is 0 Å². The van der Waals surface area contributed by atoms with Crippen LogP contribution in [-0.2, 0) is 11.3 Å². The van der Waals surface area contributed by atoms with Crippen LogP contribution in [0.1, 0.15) is 64.0 Å². The molecular formula is C20H29N5O. The summed E-state index contributed by atoms with van der Waals surface area (Å²) in [4.78, 5) is 29.1. The molecule has 1 amide bonds. The van der Waals surface area contributed by atoms with E-state index < -0.39 is 0 Å². The zero-order valence-corrected chi connectivity index (χ0v) is 15.7. The molecule has 1 aliphatic carbocycles. The molecule has 4 fully saturated rings. The Labute approximate surface area is 155 Å². The number of hydrogen-bond donors (Lipinski definition) is 0. The van der Waals surface area contributed by atoms with Crippen molar-refractivity contribution in [2.75, 3.05) is 18.0 Å². The zero-order chi connectivity index (χ0) is 17.7. The summed E-state index contributed by atoms with van der Waals surface area (Å²) in [6.07, 6.45) is 10.9. The highest BCUT2D eigenvalue weighted by Gasteiger charge is 2.59. The lowest BCUT2D eigenvalue weighted by molar-refractivity contribution is -0.133. The number of hydrogen-bond acceptors (Lipinski definition) is 5. The summed E-state index contributed by atoms with van der Waals surface area (Å²) < 4.78 is 0. The maximum absolute atomic E-state index is 12.6. The average molecular weight is 355 g/mol. The predicted molar refractivity (Wildman–Crippen MR) is 99.6 cm³/mol. The van der Waals surface area contributed by atoms with Crippen LogP contribution in [0.4, 0.5) is 5.95 Å². The van der Waals surface area contributed by atoms with Gasteiger partial charge in [-0.05, 0) is 45.1 Å². The van der Waals surface area contributed by atoms with Crippen LogP contribution in [-0.4, -0.2) is 56.5 Å². The Hall–Kier alpha value is -1.69. The predicted octanol–water partition coefficient (Wildman–Crippen LogP) is 2.54. The third-order valence-electron chi connectivity index (χ3n) is 7.07. The van der Waals surface area contributed by atoms with E-state index in [0.29, 0.717) is 24.4 Å². The number of nitrogens with zero attached hydrogens (tertiary/aromatic N) is 5. The van der Waals surface area contributed by atoms with Crippen molar-refractivity contribution in [2.45, 2.75) is 82.6 Å². The minimum Gasteiger partial charge on any atom is -0.341 e. The van der Waals surface area contributed by atoms with E-state index in [1.807, 2.05) is 6.20 Å². The maximum atomic E-state index is 12.6. The van der Waals surface area contributed by atoms with Crippen LogP contribution in [0.25, 0.3) is 0 Å². The Balaban J connectivity index is 1.43. The van der Waals surface area contributed by atoms with Crippen molar-refractivity contribution >= 4 is 11.9 Å². The largest absolute Gasteiger partial charge is 0.341 e. The van der Waals surface area contributed by atoms with Gasteiger partial charge in [-0.2, -0.15) is 0 Å². The molecule has 3 saturated heterocycles. The number of anilines is 1. The summed E-state index contributed by atoms with van der Waals surface area (Å²) in [5.41, 5.74) is 0.962. The number of rotatable bonds is 3. The third kappa shape index (κ3) is 2.45. The van der Waals surface area contributed by atoms with E-state index >= 15 is 0 Å². The first-order valence-electron chi connectivity index (χ1n) is 10.3. The van der Waals surface area contributed by atoms with Crippen LogP contribution >= 0.6 is 0 Å². The molecule has 1 aromatic heterocycles. The summed E-state index contributed by atoms with van der Waals surface area (Å²) >= 11 is 0. The minimum absolute atomic E-state index is 0.129. The molecule has 0 spiro atoms. The van der Waals surface area contributed by atoms with Crippen LogP contribution < -0.4 is 4.90 Å². The lowest BCUT2D eigenvalue weighted by atomic mass is 9.90. The average Bonchev–Trinajstić information content (AvgIpc) is 3.34. The van der Waals surface area contributed by atoms with Gasteiger partial charge in [0.05, 0.1) is 11.4 Å². The molecule has 26 heavy (non-hydrogen) atoms. The SMILES string of the molecule is C[C@]12CCC(=O)N1[C@H]1CCCC[C@H]1N2Cc1ccnc(N2CCCC2)n1. The molecule has 3 atom stereocenters. The van der Waals surface area contributed by atoms with E-state index in [2.05, 4.69) is 32.7 Å². The number of carbonyl (C=O) groups is 1. The molecule has 1 aromatic rings. The molecule has 0 N–H and O–H groups in total. The second-order valence-electron chi connectivity index (χ2n) is 8.57. The van der Waals surface area contributed by atoms with Gasteiger partial charge in [-0.25, -0.2) is 9.97 Å². The van der Waals surface area contributed by atoms with Gasteiger partial charge in [-0.15, -0.1) is 0 Å². The molecule has 1 saturated carbocycles. The van der Waals surface area contributed by atoms with Crippen LogP contribution in [0.15, 0.2) is 12.3 Å². The fraction of sp³-hybridized carbons (Fsp3) is 0.750. The van der Waals surface area contributed by atoms with Crippen LogP contribution in [0.5, 0.6) is 0 Å². The highest BCUT2D eigenvalue weighted by atomic mass is 16.2. The van der Waals surface area contributed by atoms with Gasteiger partial charge < -0.3 is 9.80 Å². The van der Waals surface area contributed by atoms with Gasteiger partial charge in [0.2, 0.25) is 11.9 Å². The highest BCUT2D eigenvalue weighted by molar-refractivity contribution is 5.80. The lowest BCUT2D eigenvalue weighted by Gasteiger charge is -2.37. The number of fused-ring (bicyclic) bond motifs is 3. The smallest absolute Gasteiger partial charge is 0.225 e. The van der Waals surface area contributed by atoms with Crippen molar-refractivity contribution in [3.63, 3.8) is 0 Å². The first-order chi connectivity index (χ1) is 12.7. The maximum Gasteiger partial charge on any atom is 0.225 e. The number of carbonyl (C=O) groups excluding carboxylic acids is 1. The summed E-state index contributed by atoms with van der Waals surface area (Å²) in [7, 11) is 0. The summed E-state index contributed by atoms with van der Waals surface area (Å²) in [5.74, 6) is 1.23. The Bertz CT molecular complexity index is 703. The fourth-order valence-electron chi connectivity index (χ4n) is 5.80. The Morgan fingerprint density at radius 3 is 2.73 bits per heavy atom. The van der Waals surface area contributed by atoms with E-state index in [4.69, 9.17) is 4.98 Å². The standard InChI is InChI=1S/C20H29N5O/c1-20-10-8-18(26)25(20)17-7-3-2-6-16(17)24(20)14-15-9-11-21-19(22-15)23-12-4-5-13-23/h9,11,16-17H,2-8,10,12-14H2,1H3/t16-,17+,20-/m1/s1. The van der Waals surface area contributed by atoms with E-state index in [9.17, 15) is 4.79 Å². The molecule has 0 aromatic carbocycles. The van der Waals surface area contributed by atoms with Gasteiger partial charge in [0, 0.05) is 44.3 Å². The van der Waals surface area contributed by atoms with Gasteiger partial charge in [-0.3, -0.25) is 9.69 Å². The van der Waals surface area contributed by atoms with Crippen LogP contribution in [0, 0.1) is 0 Å².